The van der Waals surface area contributed by atoms with Crippen LogP contribution < -0.4 is 5.84 Å². The second-order valence-corrected chi connectivity index (χ2v) is 1.52. The van der Waals surface area contributed by atoms with Gasteiger partial charge in [-0.05, 0) is 0 Å². The standard InChI is InChI=1S/C3H7N3O/c4-5-3-1-6(7)2-3/h7H,1-2,4H2. The molecule has 3 N–H and O–H groups in total. The Morgan fingerprint density at radius 3 is 2.43 bits per heavy atom. The van der Waals surface area contributed by atoms with Crippen molar-refractivity contribution in [3.63, 3.8) is 0 Å². The summed E-state index contributed by atoms with van der Waals surface area (Å²) in [6, 6.07) is 0. The highest BCUT2D eigenvalue weighted by Gasteiger charge is 2.18. The summed E-state index contributed by atoms with van der Waals surface area (Å²) in [4.78, 5) is 0. The average Bonchev–Trinajstić information content (AvgIpc) is 1.58. The average molecular weight is 101 g/mol. The summed E-state index contributed by atoms with van der Waals surface area (Å²) in [5, 5.41) is 13.0. The molecule has 1 saturated heterocycles. The van der Waals surface area contributed by atoms with E-state index in [1.54, 1.807) is 0 Å². The first-order valence-electron chi connectivity index (χ1n) is 2.02. The SMILES string of the molecule is NN=C1CN(O)C1. The largest absolute Gasteiger partial charge is 0.323 e. The second-order valence-electron chi connectivity index (χ2n) is 1.52. The fourth-order valence-corrected chi connectivity index (χ4v) is 0.457. The van der Waals surface area contributed by atoms with Crippen LogP contribution in [0, 0.1) is 0 Å². The molecule has 1 heterocycles. The van der Waals surface area contributed by atoms with Gasteiger partial charge < -0.3 is 11.0 Å². The van der Waals surface area contributed by atoms with Gasteiger partial charge in [0.15, 0.2) is 0 Å². The Labute approximate surface area is 41.2 Å². The Bertz CT molecular complexity index is 92.4. The van der Waals surface area contributed by atoms with Gasteiger partial charge in [-0.15, -0.1) is 0 Å². The molecule has 7 heavy (non-hydrogen) atoms. The summed E-state index contributed by atoms with van der Waals surface area (Å²) in [6.45, 7) is 1.02. The molecule has 4 nitrogen and oxygen atoms in total. The number of nitrogens with zero attached hydrogens (tertiary/aromatic N) is 2. The van der Waals surface area contributed by atoms with Crippen LogP contribution in [0.3, 0.4) is 0 Å². The van der Waals surface area contributed by atoms with Crippen LogP contribution in [0.4, 0.5) is 0 Å². The van der Waals surface area contributed by atoms with Crippen molar-refractivity contribution in [1.82, 2.24) is 5.06 Å². The highest BCUT2D eigenvalue weighted by atomic mass is 16.5. The molecule has 40 valence electrons. The van der Waals surface area contributed by atoms with Crippen molar-refractivity contribution in [2.45, 2.75) is 0 Å². The Morgan fingerprint density at radius 2 is 2.29 bits per heavy atom. The van der Waals surface area contributed by atoms with Gasteiger partial charge in [0.2, 0.25) is 0 Å². The van der Waals surface area contributed by atoms with Crippen LogP contribution in [0.5, 0.6) is 0 Å². The Balaban J connectivity index is 2.30. The third-order valence-corrected chi connectivity index (χ3v) is 0.913. The first kappa shape index (κ1) is 4.55. The molecule has 1 aliphatic rings. The van der Waals surface area contributed by atoms with Crippen LogP contribution >= 0.6 is 0 Å². The molecule has 1 rings (SSSR count). The lowest BCUT2D eigenvalue weighted by Crippen LogP contribution is -2.45. The summed E-state index contributed by atoms with van der Waals surface area (Å²) in [5.41, 5.74) is 0.850. The predicted molar refractivity (Wildman–Crippen MR) is 25.0 cm³/mol. The molecule has 0 spiro atoms. The molecule has 0 amide bonds. The van der Waals surface area contributed by atoms with Crippen LogP contribution in [0.25, 0.3) is 0 Å². The third-order valence-electron chi connectivity index (χ3n) is 0.913. The predicted octanol–water partition coefficient (Wildman–Crippen LogP) is -0.994. The van der Waals surface area contributed by atoms with Crippen molar-refractivity contribution >= 4 is 5.71 Å². The van der Waals surface area contributed by atoms with Crippen LogP contribution in [-0.4, -0.2) is 29.1 Å². The quantitative estimate of drug-likeness (QED) is 0.304. The number of hydrogen-bond acceptors (Lipinski definition) is 4. The zero-order chi connectivity index (χ0) is 5.28. The van der Waals surface area contributed by atoms with Gasteiger partial charge in [0.05, 0.1) is 18.8 Å². The van der Waals surface area contributed by atoms with Gasteiger partial charge in [-0.2, -0.15) is 10.2 Å². The molecule has 1 fully saturated rings. The van der Waals surface area contributed by atoms with Crippen molar-refractivity contribution in [2.24, 2.45) is 10.9 Å². The molecule has 0 atom stereocenters. The van der Waals surface area contributed by atoms with E-state index in [1.165, 1.54) is 0 Å². The number of hydrazone groups is 1. The first-order chi connectivity index (χ1) is 3.33. The van der Waals surface area contributed by atoms with E-state index < -0.39 is 0 Å². The lowest BCUT2D eigenvalue weighted by molar-refractivity contribution is -0.0845. The van der Waals surface area contributed by atoms with Crippen LogP contribution in [0.2, 0.25) is 0 Å². The molecule has 0 aromatic heterocycles. The Kier molecular flexibility index (Phi) is 0.958. The zero-order valence-corrected chi connectivity index (χ0v) is 3.83. The summed E-state index contributed by atoms with van der Waals surface area (Å²) < 4.78 is 0. The van der Waals surface area contributed by atoms with E-state index in [0.717, 1.165) is 10.8 Å². The number of hydrogen-bond donors (Lipinski definition) is 2. The highest BCUT2D eigenvalue weighted by molar-refractivity contribution is 5.92. The van der Waals surface area contributed by atoms with Gasteiger partial charge in [0.1, 0.15) is 0 Å². The third kappa shape index (κ3) is 0.703. The highest BCUT2D eigenvalue weighted by Crippen LogP contribution is 1.96. The maximum atomic E-state index is 8.45. The fourth-order valence-electron chi connectivity index (χ4n) is 0.457. The van der Waals surface area contributed by atoms with E-state index in [4.69, 9.17) is 11.0 Å². The summed E-state index contributed by atoms with van der Waals surface area (Å²) >= 11 is 0. The van der Waals surface area contributed by atoms with E-state index in [2.05, 4.69) is 5.10 Å². The first-order valence-corrected chi connectivity index (χ1v) is 2.02. The maximum Gasteiger partial charge on any atom is 0.0704 e. The van der Waals surface area contributed by atoms with Gasteiger partial charge in [0, 0.05) is 0 Å². The van der Waals surface area contributed by atoms with Gasteiger partial charge in [-0.25, -0.2) is 0 Å². The van der Waals surface area contributed by atoms with E-state index in [1.807, 2.05) is 0 Å². The number of nitrogens with two attached hydrogens (primary N) is 1. The van der Waals surface area contributed by atoms with Crippen molar-refractivity contribution in [2.75, 3.05) is 13.1 Å². The molecular formula is C3H7N3O. The Morgan fingerprint density at radius 1 is 1.71 bits per heavy atom. The van der Waals surface area contributed by atoms with Crippen LogP contribution in [-0.2, 0) is 0 Å². The minimum atomic E-state index is 0.510. The zero-order valence-electron chi connectivity index (χ0n) is 3.83. The molecule has 0 aliphatic carbocycles. The molecule has 0 bridgehead atoms. The molecule has 1 aliphatic heterocycles. The minimum absolute atomic E-state index is 0.510. The monoisotopic (exact) mass is 101 g/mol. The summed E-state index contributed by atoms with van der Waals surface area (Å²) in [7, 11) is 0. The van der Waals surface area contributed by atoms with Crippen molar-refractivity contribution in [1.29, 1.82) is 0 Å². The van der Waals surface area contributed by atoms with E-state index in [-0.39, 0.29) is 0 Å². The topological polar surface area (TPSA) is 61.8 Å². The van der Waals surface area contributed by atoms with E-state index in [9.17, 15) is 0 Å². The lowest BCUT2D eigenvalue weighted by atomic mass is 10.2. The summed E-state index contributed by atoms with van der Waals surface area (Å²) in [5.74, 6) is 4.85. The maximum absolute atomic E-state index is 8.45. The van der Waals surface area contributed by atoms with Gasteiger partial charge in [0.25, 0.3) is 0 Å². The molecule has 0 aromatic carbocycles. The fraction of sp³-hybridized carbons (Fsp3) is 0.667. The van der Waals surface area contributed by atoms with Crippen molar-refractivity contribution < 1.29 is 5.21 Å². The number of hydroxylamine groups is 2. The molecule has 4 heteroatoms. The smallest absolute Gasteiger partial charge is 0.0704 e. The molecule has 0 saturated carbocycles. The molecule has 0 unspecified atom stereocenters. The molecular weight excluding hydrogens is 94.1 g/mol. The van der Waals surface area contributed by atoms with Gasteiger partial charge in [-0.1, -0.05) is 0 Å². The minimum Gasteiger partial charge on any atom is -0.323 e. The summed E-state index contributed by atoms with van der Waals surface area (Å²) in [6.07, 6.45) is 0. The van der Waals surface area contributed by atoms with Crippen molar-refractivity contribution in [3.05, 3.63) is 0 Å². The van der Waals surface area contributed by atoms with E-state index in [0.29, 0.717) is 13.1 Å². The van der Waals surface area contributed by atoms with Gasteiger partial charge >= 0.3 is 0 Å². The normalized spacial score (nSPS) is 21.6. The molecule has 0 aromatic rings. The number of rotatable bonds is 0. The van der Waals surface area contributed by atoms with Gasteiger partial charge in [-0.3, -0.25) is 0 Å². The Hall–Kier alpha value is -0.610. The lowest BCUT2D eigenvalue weighted by Gasteiger charge is -2.24. The second kappa shape index (κ2) is 1.48. The van der Waals surface area contributed by atoms with Crippen molar-refractivity contribution in [3.8, 4) is 0 Å². The van der Waals surface area contributed by atoms with Crippen LogP contribution in [0.1, 0.15) is 0 Å². The van der Waals surface area contributed by atoms with E-state index >= 15 is 0 Å². The van der Waals surface area contributed by atoms with Crippen LogP contribution in [0.15, 0.2) is 5.10 Å². The molecule has 0 radical (unpaired) electrons.